The van der Waals surface area contributed by atoms with Crippen LogP contribution in [-0.4, -0.2) is 17.0 Å². The van der Waals surface area contributed by atoms with Gasteiger partial charge in [-0.3, -0.25) is 0 Å². The highest BCUT2D eigenvalue weighted by molar-refractivity contribution is 9.10. The highest BCUT2D eigenvalue weighted by atomic mass is 79.9. The summed E-state index contributed by atoms with van der Waals surface area (Å²) in [6.45, 7) is 4.29. The first-order valence-corrected chi connectivity index (χ1v) is 8.30. The number of halogens is 1. The van der Waals surface area contributed by atoms with Gasteiger partial charge in [-0.15, -0.1) is 11.8 Å². The van der Waals surface area contributed by atoms with Crippen LogP contribution in [0.3, 0.4) is 0 Å². The molecule has 1 N–H and O–H groups in total. The minimum Gasteiger partial charge on any atom is -0.373 e. The summed E-state index contributed by atoms with van der Waals surface area (Å²) in [6.07, 6.45) is 0. The van der Waals surface area contributed by atoms with Gasteiger partial charge in [-0.2, -0.15) is 0 Å². The van der Waals surface area contributed by atoms with E-state index in [-0.39, 0.29) is 0 Å². The zero-order valence-electron chi connectivity index (χ0n) is 11.9. The first kappa shape index (κ1) is 15.3. The zero-order chi connectivity index (χ0) is 14.5. The average molecular weight is 352 g/mol. The van der Waals surface area contributed by atoms with E-state index in [4.69, 9.17) is 0 Å². The lowest BCUT2D eigenvalue weighted by Crippen LogP contribution is -2.04. The Labute approximate surface area is 132 Å². The quantitative estimate of drug-likeness (QED) is 0.792. The molecule has 0 aliphatic heterocycles. The molecule has 1 aromatic heterocycles. The Balaban J connectivity index is 2.14. The van der Waals surface area contributed by atoms with Crippen LogP contribution in [-0.2, 0) is 5.75 Å². The standard InChI is InChI=1S/C15H18BrN3S/c1-10(2)13-8-14(17-3)19-15(18-13)9-20-12-6-4-5-11(16)7-12/h4-8,10H,9H2,1-3H3,(H,17,18,19). The largest absolute Gasteiger partial charge is 0.373 e. The molecule has 2 rings (SSSR count). The van der Waals surface area contributed by atoms with E-state index in [9.17, 15) is 0 Å². The highest BCUT2D eigenvalue weighted by Gasteiger charge is 2.07. The second-order valence-electron chi connectivity index (χ2n) is 4.75. The third-order valence-electron chi connectivity index (χ3n) is 2.80. The Kier molecular flexibility index (Phi) is 5.43. The van der Waals surface area contributed by atoms with Gasteiger partial charge >= 0.3 is 0 Å². The second kappa shape index (κ2) is 7.09. The molecule has 3 nitrogen and oxygen atoms in total. The smallest absolute Gasteiger partial charge is 0.141 e. The van der Waals surface area contributed by atoms with Gasteiger partial charge in [0, 0.05) is 28.2 Å². The highest BCUT2D eigenvalue weighted by Crippen LogP contribution is 2.25. The SMILES string of the molecule is CNc1cc(C(C)C)nc(CSc2cccc(Br)c2)n1. The Morgan fingerprint density at radius 2 is 2.05 bits per heavy atom. The second-order valence-corrected chi connectivity index (χ2v) is 6.71. The van der Waals surface area contributed by atoms with Crippen molar-refractivity contribution in [1.82, 2.24) is 9.97 Å². The number of rotatable bonds is 5. The van der Waals surface area contributed by atoms with E-state index in [2.05, 4.69) is 57.2 Å². The van der Waals surface area contributed by atoms with Crippen molar-refractivity contribution in [2.75, 3.05) is 12.4 Å². The van der Waals surface area contributed by atoms with Crippen molar-refractivity contribution in [3.8, 4) is 0 Å². The lowest BCUT2D eigenvalue weighted by Gasteiger charge is -2.10. The van der Waals surface area contributed by atoms with Crippen LogP contribution in [0.15, 0.2) is 39.7 Å². The monoisotopic (exact) mass is 351 g/mol. The number of nitrogens with one attached hydrogen (secondary N) is 1. The van der Waals surface area contributed by atoms with Gasteiger partial charge in [-0.1, -0.05) is 35.8 Å². The fraction of sp³-hybridized carbons (Fsp3) is 0.333. The number of thioether (sulfide) groups is 1. The van der Waals surface area contributed by atoms with Gasteiger partial charge < -0.3 is 5.32 Å². The Morgan fingerprint density at radius 3 is 2.70 bits per heavy atom. The third kappa shape index (κ3) is 4.21. The predicted octanol–water partition coefficient (Wildman–Crippen LogP) is 4.70. The topological polar surface area (TPSA) is 37.8 Å². The maximum absolute atomic E-state index is 4.63. The molecule has 0 amide bonds. The molecule has 106 valence electrons. The van der Waals surface area contributed by atoms with Gasteiger partial charge in [-0.05, 0) is 24.1 Å². The van der Waals surface area contributed by atoms with Crippen molar-refractivity contribution < 1.29 is 0 Å². The normalized spacial score (nSPS) is 10.8. The molecule has 0 aliphatic carbocycles. The molecule has 0 fully saturated rings. The van der Waals surface area contributed by atoms with Crippen LogP contribution >= 0.6 is 27.7 Å². The maximum Gasteiger partial charge on any atom is 0.141 e. The number of hydrogen-bond acceptors (Lipinski definition) is 4. The summed E-state index contributed by atoms with van der Waals surface area (Å²) in [7, 11) is 1.89. The molecule has 20 heavy (non-hydrogen) atoms. The van der Waals surface area contributed by atoms with Crippen molar-refractivity contribution in [2.24, 2.45) is 0 Å². The number of aromatic nitrogens is 2. The first-order chi connectivity index (χ1) is 9.58. The summed E-state index contributed by atoms with van der Waals surface area (Å²) < 4.78 is 1.09. The lowest BCUT2D eigenvalue weighted by molar-refractivity contribution is 0.800. The van der Waals surface area contributed by atoms with Crippen LogP contribution in [0.4, 0.5) is 5.82 Å². The summed E-state index contributed by atoms with van der Waals surface area (Å²) in [5.74, 6) is 2.92. The molecule has 0 bridgehead atoms. The molecule has 0 radical (unpaired) electrons. The summed E-state index contributed by atoms with van der Waals surface area (Å²) in [4.78, 5) is 10.4. The minimum atomic E-state index is 0.403. The van der Waals surface area contributed by atoms with Gasteiger partial charge in [0.1, 0.15) is 11.6 Å². The molecule has 1 heterocycles. The van der Waals surface area contributed by atoms with Gasteiger partial charge in [0.25, 0.3) is 0 Å². The van der Waals surface area contributed by atoms with Crippen molar-refractivity contribution in [1.29, 1.82) is 0 Å². The Hall–Kier alpha value is -1.07. The molecular weight excluding hydrogens is 334 g/mol. The van der Waals surface area contributed by atoms with Crippen LogP contribution in [0.1, 0.15) is 31.3 Å². The summed E-state index contributed by atoms with van der Waals surface area (Å²) in [6, 6.07) is 10.3. The minimum absolute atomic E-state index is 0.403. The van der Waals surface area contributed by atoms with Crippen LogP contribution in [0.5, 0.6) is 0 Å². The number of benzene rings is 1. The van der Waals surface area contributed by atoms with Gasteiger partial charge in [0.2, 0.25) is 0 Å². The molecule has 0 atom stereocenters. The van der Waals surface area contributed by atoms with Gasteiger partial charge in [0.15, 0.2) is 0 Å². The third-order valence-corrected chi connectivity index (χ3v) is 4.29. The predicted molar refractivity (Wildman–Crippen MR) is 89.4 cm³/mol. The average Bonchev–Trinajstić information content (AvgIpc) is 2.45. The van der Waals surface area contributed by atoms with Crippen LogP contribution in [0.25, 0.3) is 0 Å². The van der Waals surface area contributed by atoms with E-state index in [1.807, 2.05) is 25.2 Å². The van der Waals surface area contributed by atoms with E-state index >= 15 is 0 Å². The molecule has 1 aromatic carbocycles. The van der Waals surface area contributed by atoms with Crippen molar-refractivity contribution in [2.45, 2.75) is 30.4 Å². The summed E-state index contributed by atoms with van der Waals surface area (Å²) in [5, 5.41) is 3.10. The van der Waals surface area contributed by atoms with Gasteiger partial charge in [-0.25, -0.2) is 9.97 Å². The molecule has 0 unspecified atom stereocenters. The molecule has 0 saturated carbocycles. The molecular formula is C15H18BrN3S. The Bertz CT molecular complexity index is 587. The number of nitrogens with zero attached hydrogens (tertiary/aromatic N) is 2. The van der Waals surface area contributed by atoms with Crippen LogP contribution < -0.4 is 5.32 Å². The number of anilines is 1. The molecule has 0 spiro atoms. The summed E-state index contributed by atoms with van der Waals surface area (Å²) in [5.41, 5.74) is 1.08. The van der Waals surface area contributed by atoms with E-state index in [1.54, 1.807) is 11.8 Å². The fourth-order valence-electron chi connectivity index (χ4n) is 1.71. The summed E-state index contributed by atoms with van der Waals surface area (Å²) >= 11 is 5.23. The molecule has 0 aliphatic rings. The van der Waals surface area contributed by atoms with Crippen molar-refractivity contribution >= 4 is 33.5 Å². The number of hydrogen-bond donors (Lipinski definition) is 1. The zero-order valence-corrected chi connectivity index (χ0v) is 14.3. The Morgan fingerprint density at radius 1 is 1.25 bits per heavy atom. The van der Waals surface area contributed by atoms with E-state index in [0.29, 0.717) is 5.92 Å². The fourth-order valence-corrected chi connectivity index (χ4v) is 3.07. The first-order valence-electron chi connectivity index (χ1n) is 6.52. The van der Waals surface area contributed by atoms with E-state index in [1.165, 1.54) is 4.90 Å². The van der Waals surface area contributed by atoms with Crippen LogP contribution in [0.2, 0.25) is 0 Å². The van der Waals surface area contributed by atoms with Crippen molar-refractivity contribution in [3.63, 3.8) is 0 Å². The molecule has 5 heteroatoms. The molecule has 0 saturated heterocycles. The van der Waals surface area contributed by atoms with Crippen LogP contribution in [0, 0.1) is 0 Å². The van der Waals surface area contributed by atoms with Crippen molar-refractivity contribution in [3.05, 3.63) is 46.3 Å². The lowest BCUT2D eigenvalue weighted by atomic mass is 10.1. The maximum atomic E-state index is 4.63. The van der Waals surface area contributed by atoms with Gasteiger partial charge in [0.05, 0.1) is 5.75 Å². The molecule has 2 aromatic rings. The van der Waals surface area contributed by atoms with E-state index in [0.717, 1.165) is 27.6 Å². The van der Waals surface area contributed by atoms with E-state index < -0.39 is 0 Å².